The molecule has 0 fully saturated rings. The van der Waals surface area contributed by atoms with Gasteiger partial charge in [0.1, 0.15) is 11.3 Å². The van der Waals surface area contributed by atoms with E-state index in [9.17, 15) is 9.59 Å². The van der Waals surface area contributed by atoms with Gasteiger partial charge in [-0.3, -0.25) is 9.59 Å². The summed E-state index contributed by atoms with van der Waals surface area (Å²) in [6, 6.07) is 1.47. The smallest absolute Gasteiger partial charge is 0.273 e. The molecule has 1 amide bonds. The normalized spacial score (nSPS) is 11.0. The van der Waals surface area contributed by atoms with Gasteiger partial charge in [-0.2, -0.15) is 5.10 Å². The van der Waals surface area contributed by atoms with E-state index in [1.807, 2.05) is 18.4 Å². The number of amides is 1. The minimum absolute atomic E-state index is 0.205. The molecule has 0 atom stereocenters. The van der Waals surface area contributed by atoms with Crippen molar-refractivity contribution in [2.24, 2.45) is 0 Å². The van der Waals surface area contributed by atoms with Gasteiger partial charge in [0.15, 0.2) is 5.69 Å². The Hall–Kier alpha value is -2.90. The zero-order chi connectivity index (χ0) is 15.7. The van der Waals surface area contributed by atoms with Crippen molar-refractivity contribution in [3.05, 3.63) is 52.2 Å². The number of aromatic nitrogens is 5. The first-order valence-corrected chi connectivity index (χ1v) is 6.96. The van der Waals surface area contributed by atoms with Crippen molar-refractivity contribution in [3.8, 4) is 0 Å². The summed E-state index contributed by atoms with van der Waals surface area (Å²) >= 11 is 0. The number of hydrogen-bond acceptors (Lipinski definition) is 4. The molecule has 0 spiro atoms. The SMILES string of the molecule is CCn1c(CNC(=O)c2cc3c(=O)[nH]ccn3n2)cnc1C. The van der Waals surface area contributed by atoms with Gasteiger partial charge in [-0.25, -0.2) is 9.50 Å². The molecule has 3 aromatic rings. The van der Waals surface area contributed by atoms with E-state index >= 15 is 0 Å². The van der Waals surface area contributed by atoms with Gasteiger partial charge < -0.3 is 14.9 Å². The number of nitrogens with zero attached hydrogens (tertiary/aromatic N) is 4. The summed E-state index contributed by atoms with van der Waals surface area (Å²) < 4.78 is 3.41. The van der Waals surface area contributed by atoms with Crippen molar-refractivity contribution < 1.29 is 4.79 Å². The number of imidazole rings is 1. The van der Waals surface area contributed by atoms with E-state index in [4.69, 9.17) is 0 Å². The summed E-state index contributed by atoms with van der Waals surface area (Å²) in [6.07, 6.45) is 4.81. The van der Waals surface area contributed by atoms with Crippen molar-refractivity contribution in [1.82, 2.24) is 29.5 Å². The fourth-order valence-electron chi connectivity index (χ4n) is 2.40. The van der Waals surface area contributed by atoms with Crippen LogP contribution in [-0.2, 0) is 13.1 Å². The second kappa shape index (κ2) is 5.47. The van der Waals surface area contributed by atoms with E-state index in [0.29, 0.717) is 12.1 Å². The van der Waals surface area contributed by atoms with Crippen LogP contribution in [0, 0.1) is 6.92 Å². The fraction of sp³-hybridized carbons (Fsp3) is 0.286. The van der Waals surface area contributed by atoms with Crippen LogP contribution in [0.5, 0.6) is 0 Å². The highest BCUT2D eigenvalue weighted by Gasteiger charge is 2.13. The highest BCUT2D eigenvalue weighted by atomic mass is 16.2. The van der Waals surface area contributed by atoms with Gasteiger partial charge in [0, 0.05) is 25.0 Å². The summed E-state index contributed by atoms with van der Waals surface area (Å²) in [5.74, 6) is 0.579. The maximum atomic E-state index is 12.2. The Bertz CT molecular complexity index is 888. The quantitative estimate of drug-likeness (QED) is 0.732. The minimum Gasteiger partial charge on any atom is -0.345 e. The largest absolute Gasteiger partial charge is 0.345 e. The van der Waals surface area contributed by atoms with Gasteiger partial charge in [0.05, 0.1) is 18.4 Å². The van der Waals surface area contributed by atoms with Crippen molar-refractivity contribution in [2.75, 3.05) is 0 Å². The average Bonchev–Trinajstić information content (AvgIpc) is 3.09. The molecule has 3 aromatic heterocycles. The number of rotatable bonds is 4. The van der Waals surface area contributed by atoms with E-state index in [1.54, 1.807) is 12.4 Å². The Labute approximate surface area is 125 Å². The molecule has 0 unspecified atom stereocenters. The van der Waals surface area contributed by atoms with Gasteiger partial charge in [0.25, 0.3) is 11.5 Å². The van der Waals surface area contributed by atoms with Crippen molar-refractivity contribution in [3.63, 3.8) is 0 Å². The van der Waals surface area contributed by atoms with Gasteiger partial charge in [0.2, 0.25) is 0 Å². The van der Waals surface area contributed by atoms with Gasteiger partial charge >= 0.3 is 0 Å². The zero-order valence-electron chi connectivity index (χ0n) is 12.3. The molecule has 0 bridgehead atoms. The van der Waals surface area contributed by atoms with Crippen molar-refractivity contribution in [2.45, 2.75) is 26.9 Å². The number of fused-ring (bicyclic) bond motifs is 1. The highest BCUT2D eigenvalue weighted by Crippen LogP contribution is 2.05. The van der Waals surface area contributed by atoms with Gasteiger partial charge in [-0.1, -0.05) is 0 Å². The molecule has 0 saturated heterocycles. The predicted molar refractivity (Wildman–Crippen MR) is 79.6 cm³/mol. The Balaban J connectivity index is 1.78. The third kappa shape index (κ3) is 2.39. The van der Waals surface area contributed by atoms with E-state index in [2.05, 4.69) is 20.4 Å². The Kier molecular flexibility index (Phi) is 3.50. The molecule has 22 heavy (non-hydrogen) atoms. The van der Waals surface area contributed by atoms with Gasteiger partial charge in [-0.05, 0) is 13.8 Å². The van der Waals surface area contributed by atoms with E-state index in [1.165, 1.54) is 16.8 Å². The molecule has 0 aliphatic rings. The van der Waals surface area contributed by atoms with E-state index < -0.39 is 0 Å². The fourth-order valence-corrected chi connectivity index (χ4v) is 2.40. The van der Waals surface area contributed by atoms with Crippen LogP contribution < -0.4 is 10.9 Å². The minimum atomic E-state index is -0.329. The second-order valence-corrected chi connectivity index (χ2v) is 4.87. The summed E-state index contributed by atoms with van der Waals surface area (Å²) in [5, 5.41) is 6.89. The van der Waals surface area contributed by atoms with E-state index in [0.717, 1.165) is 18.1 Å². The highest BCUT2D eigenvalue weighted by molar-refractivity contribution is 5.93. The Morgan fingerprint density at radius 1 is 1.45 bits per heavy atom. The first-order valence-electron chi connectivity index (χ1n) is 6.96. The first-order chi connectivity index (χ1) is 10.6. The third-order valence-corrected chi connectivity index (χ3v) is 3.52. The predicted octanol–water partition coefficient (Wildman–Crippen LogP) is 0.477. The molecule has 0 aliphatic carbocycles. The van der Waals surface area contributed by atoms with Crippen LogP contribution in [0.25, 0.3) is 5.52 Å². The lowest BCUT2D eigenvalue weighted by Crippen LogP contribution is -2.24. The molecule has 0 radical (unpaired) electrons. The molecule has 8 heteroatoms. The van der Waals surface area contributed by atoms with Crippen LogP contribution in [0.15, 0.2) is 29.5 Å². The van der Waals surface area contributed by atoms with Crippen LogP contribution in [0.4, 0.5) is 0 Å². The standard InChI is InChI=1S/C14H16N6O2/c1-3-19-9(2)16-7-10(19)8-17-13(21)11-6-12-14(22)15-4-5-20(12)18-11/h4-7H,3,8H2,1-2H3,(H,15,22)(H,17,21). The topological polar surface area (TPSA) is 97.1 Å². The number of carbonyl (C=O) groups excluding carboxylic acids is 1. The first kappa shape index (κ1) is 14.1. The summed E-state index contributed by atoms with van der Waals surface area (Å²) in [5.41, 5.74) is 1.18. The molecular formula is C14H16N6O2. The summed E-state index contributed by atoms with van der Waals surface area (Å²) in [4.78, 5) is 30.6. The molecule has 0 aromatic carbocycles. The molecule has 0 saturated carbocycles. The van der Waals surface area contributed by atoms with Crippen LogP contribution in [0.1, 0.15) is 28.9 Å². The average molecular weight is 300 g/mol. The maximum absolute atomic E-state index is 12.2. The van der Waals surface area contributed by atoms with Crippen LogP contribution >= 0.6 is 0 Å². The van der Waals surface area contributed by atoms with Crippen LogP contribution in [0.3, 0.4) is 0 Å². The number of nitrogens with one attached hydrogen (secondary N) is 2. The lowest BCUT2D eigenvalue weighted by Gasteiger charge is -2.07. The molecule has 2 N–H and O–H groups in total. The number of carbonyl (C=O) groups is 1. The lowest BCUT2D eigenvalue weighted by molar-refractivity contribution is 0.0944. The monoisotopic (exact) mass is 300 g/mol. The third-order valence-electron chi connectivity index (χ3n) is 3.52. The Morgan fingerprint density at radius 2 is 2.27 bits per heavy atom. The van der Waals surface area contributed by atoms with Crippen LogP contribution in [0.2, 0.25) is 0 Å². The second-order valence-electron chi connectivity index (χ2n) is 4.87. The summed E-state index contributed by atoms with van der Waals surface area (Å²) in [6.45, 7) is 5.09. The molecule has 8 nitrogen and oxygen atoms in total. The number of hydrogen-bond donors (Lipinski definition) is 2. The molecule has 3 rings (SSSR count). The van der Waals surface area contributed by atoms with Gasteiger partial charge in [-0.15, -0.1) is 0 Å². The molecule has 3 heterocycles. The maximum Gasteiger partial charge on any atom is 0.273 e. The number of aryl methyl sites for hydroxylation is 1. The summed E-state index contributed by atoms with van der Waals surface area (Å²) in [7, 11) is 0. The van der Waals surface area contributed by atoms with Crippen molar-refractivity contribution >= 4 is 11.4 Å². The van der Waals surface area contributed by atoms with Crippen LogP contribution in [-0.4, -0.2) is 30.1 Å². The van der Waals surface area contributed by atoms with E-state index in [-0.39, 0.29) is 17.2 Å². The molecule has 0 aliphatic heterocycles. The Morgan fingerprint density at radius 3 is 3.00 bits per heavy atom. The lowest BCUT2D eigenvalue weighted by atomic mass is 10.3. The molecular weight excluding hydrogens is 284 g/mol. The molecule has 114 valence electrons. The number of H-pyrrole nitrogens is 1. The zero-order valence-corrected chi connectivity index (χ0v) is 12.3. The number of aromatic amines is 1. The van der Waals surface area contributed by atoms with Crippen molar-refractivity contribution in [1.29, 1.82) is 0 Å².